The summed E-state index contributed by atoms with van der Waals surface area (Å²) in [5.74, 6) is -2.31. The van der Waals surface area contributed by atoms with Gasteiger partial charge in [-0.1, -0.05) is 6.07 Å². The number of benzene rings is 1. The Hall–Kier alpha value is -1.81. The maximum Gasteiger partial charge on any atom is 0.471 e. The molecule has 1 spiro atoms. The largest absolute Gasteiger partial charge is 0.471 e. The molecule has 2 aliphatic heterocycles. The summed E-state index contributed by atoms with van der Waals surface area (Å²) in [5, 5.41) is 1.46. The Morgan fingerprint density at radius 2 is 1.73 bits per heavy atom. The van der Waals surface area contributed by atoms with Gasteiger partial charge in [0.25, 0.3) is 0 Å². The molecule has 0 aromatic heterocycles. The zero-order valence-corrected chi connectivity index (χ0v) is 13.8. The molecule has 4 nitrogen and oxygen atoms in total. The van der Waals surface area contributed by atoms with Gasteiger partial charge < -0.3 is 10.2 Å². The molecule has 2 fully saturated rings. The SMILES string of the molecule is CN1CC2(C1)CN(Cc1ccc(NC(=O)C(F)(F)F)cc1C(F)(F)F)C2. The molecule has 26 heavy (non-hydrogen) atoms. The lowest BCUT2D eigenvalue weighted by Crippen LogP contribution is -2.70. The topological polar surface area (TPSA) is 35.6 Å². The van der Waals surface area contributed by atoms with E-state index in [-0.39, 0.29) is 17.5 Å². The molecule has 1 aromatic rings. The number of hydrogen-bond donors (Lipinski definition) is 1. The quantitative estimate of drug-likeness (QED) is 0.818. The highest BCUT2D eigenvalue weighted by Gasteiger charge is 2.50. The van der Waals surface area contributed by atoms with Crippen LogP contribution in [0.25, 0.3) is 0 Å². The molecule has 1 amide bonds. The molecular formula is C16H17F6N3O. The van der Waals surface area contributed by atoms with E-state index in [0.29, 0.717) is 19.2 Å². The van der Waals surface area contributed by atoms with Crippen LogP contribution in [0.2, 0.25) is 0 Å². The van der Waals surface area contributed by atoms with Crippen molar-refractivity contribution in [1.29, 1.82) is 0 Å². The van der Waals surface area contributed by atoms with E-state index >= 15 is 0 Å². The lowest BCUT2D eigenvalue weighted by Gasteiger charge is -2.59. The third kappa shape index (κ3) is 3.80. The van der Waals surface area contributed by atoms with Crippen LogP contribution < -0.4 is 5.32 Å². The summed E-state index contributed by atoms with van der Waals surface area (Å²) in [6, 6.07) is 2.72. The first-order chi connectivity index (χ1) is 11.9. The molecule has 0 radical (unpaired) electrons. The lowest BCUT2D eigenvalue weighted by molar-refractivity contribution is -0.167. The number of likely N-dealkylation sites (tertiary alicyclic amines) is 2. The zero-order valence-electron chi connectivity index (χ0n) is 13.8. The third-order valence-corrected chi connectivity index (χ3v) is 4.65. The van der Waals surface area contributed by atoms with E-state index in [1.165, 1.54) is 5.32 Å². The van der Waals surface area contributed by atoms with Gasteiger partial charge in [-0.05, 0) is 24.7 Å². The van der Waals surface area contributed by atoms with Crippen molar-refractivity contribution in [1.82, 2.24) is 9.80 Å². The monoisotopic (exact) mass is 381 g/mol. The van der Waals surface area contributed by atoms with Crippen LogP contribution in [0.1, 0.15) is 11.1 Å². The number of rotatable bonds is 3. The van der Waals surface area contributed by atoms with Crippen LogP contribution in [0.15, 0.2) is 18.2 Å². The number of nitrogens with zero attached hydrogens (tertiary/aromatic N) is 2. The maximum absolute atomic E-state index is 13.3. The van der Waals surface area contributed by atoms with Crippen molar-refractivity contribution in [3.05, 3.63) is 29.3 Å². The number of carbonyl (C=O) groups is 1. The predicted octanol–water partition coefficient (Wildman–Crippen LogP) is 2.95. The van der Waals surface area contributed by atoms with Crippen LogP contribution in [0.4, 0.5) is 32.0 Å². The highest BCUT2D eigenvalue weighted by Crippen LogP contribution is 2.41. The number of anilines is 1. The molecule has 3 rings (SSSR count). The van der Waals surface area contributed by atoms with Crippen LogP contribution in [-0.4, -0.2) is 55.1 Å². The van der Waals surface area contributed by atoms with Gasteiger partial charge >= 0.3 is 18.3 Å². The molecule has 0 atom stereocenters. The fraction of sp³-hybridized carbons (Fsp3) is 0.562. The molecule has 2 saturated heterocycles. The van der Waals surface area contributed by atoms with Gasteiger partial charge in [-0.3, -0.25) is 9.69 Å². The summed E-state index contributed by atoms with van der Waals surface area (Å²) in [6.45, 7) is 3.28. The Morgan fingerprint density at radius 3 is 2.23 bits per heavy atom. The molecule has 1 N–H and O–H groups in total. The number of carbonyl (C=O) groups excluding carboxylic acids is 1. The molecule has 10 heteroatoms. The molecule has 0 unspecified atom stereocenters. The second kappa shape index (κ2) is 6.12. The minimum atomic E-state index is -5.17. The highest BCUT2D eigenvalue weighted by atomic mass is 19.4. The van der Waals surface area contributed by atoms with Crippen molar-refractivity contribution in [3.8, 4) is 0 Å². The van der Waals surface area contributed by atoms with Crippen molar-refractivity contribution >= 4 is 11.6 Å². The average Bonchev–Trinajstić information content (AvgIpc) is 2.42. The standard InChI is InChI=1S/C16H17F6N3O/c1-24-6-14(7-24)8-25(9-14)5-10-2-3-11(4-12(10)15(17,18)19)23-13(26)16(20,21)22/h2-4H,5-9H2,1H3,(H,23,26). The Kier molecular flexibility index (Phi) is 4.47. The number of amides is 1. The normalized spacial score (nSPS) is 20.6. The summed E-state index contributed by atoms with van der Waals surface area (Å²) in [5.41, 5.74) is -1.44. The average molecular weight is 381 g/mol. The molecule has 2 aliphatic rings. The maximum atomic E-state index is 13.3. The summed E-state index contributed by atoms with van der Waals surface area (Å²) in [6.07, 6.45) is -9.90. The van der Waals surface area contributed by atoms with Gasteiger partial charge in [0.15, 0.2) is 0 Å². The van der Waals surface area contributed by atoms with Gasteiger partial charge in [0, 0.05) is 43.8 Å². The van der Waals surface area contributed by atoms with Crippen LogP contribution in [-0.2, 0) is 17.5 Å². The molecular weight excluding hydrogens is 364 g/mol. The molecule has 0 bridgehead atoms. The van der Waals surface area contributed by atoms with Crippen molar-refractivity contribution in [2.45, 2.75) is 18.9 Å². The van der Waals surface area contributed by atoms with Crippen molar-refractivity contribution in [2.24, 2.45) is 5.41 Å². The molecule has 0 saturated carbocycles. The van der Waals surface area contributed by atoms with Crippen LogP contribution >= 0.6 is 0 Å². The first kappa shape index (κ1) is 19.0. The Labute approximate surface area is 145 Å². The third-order valence-electron chi connectivity index (χ3n) is 4.65. The first-order valence-electron chi connectivity index (χ1n) is 7.87. The van der Waals surface area contributed by atoms with E-state index in [1.807, 2.05) is 11.9 Å². The molecule has 144 valence electrons. The van der Waals surface area contributed by atoms with E-state index in [0.717, 1.165) is 25.2 Å². The van der Waals surface area contributed by atoms with Gasteiger partial charge in [0.1, 0.15) is 0 Å². The van der Waals surface area contributed by atoms with Crippen molar-refractivity contribution < 1.29 is 31.1 Å². The first-order valence-corrected chi connectivity index (χ1v) is 7.87. The number of hydrogen-bond acceptors (Lipinski definition) is 3. The summed E-state index contributed by atoms with van der Waals surface area (Å²) in [4.78, 5) is 14.9. The fourth-order valence-corrected chi connectivity index (χ4v) is 3.81. The van der Waals surface area contributed by atoms with Crippen molar-refractivity contribution in [2.75, 3.05) is 38.5 Å². The molecule has 1 aromatic carbocycles. The van der Waals surface area contributed by atoms with E-state index < -0.39 is 29.5 Å². The predicted molar refractivity (Wildman–Crippen MR) is 81.3 cm³/mol. The Balaban J connectivity index is 1.72. The number of alkyl halides is 6. The van der Waals surface area contributed by atoms with Gasteiger partial charge in [0.05, 0.1) is 5.56 Å². The minimum Gasteiger partial charge on any atom is -0.318 e. The van der Waals surface area contributed by atoms with Crippen LogP contribution in [0.5, 0.6) is 0 Å². The van der Waals surface area contributed by atoms with Gasteiger partial charge in [-0.2, -0.15) is 26.3 Å². The van der Waals surface area contributed by atoms with Crippen LogP contribution in [0, 0.1) is 5.41 Å². The fourth-order valence-electron chi connectivity index (χ4n) is 3.81. The number of nitrogens with one attached hydrogen (secondary N) is 1. The number of halogens is 6. The zero-order chi connectivity index (χ0) is 19.3. The smallest absolute Gasteiger partial charge is 0.318 e. The highest BCUT2D eigenvalue weighted by molar-refractivity contribution is 5.95. The van der Waals surface area contributed by atoms with Gasteiger partial charge in [-0.15, -0.1) is 0 Å². The minimum absolute atomic E-state index is 0.0231. The second-order valence-electron chi connectivity index (χ2n) is 7.14. The van der Waals surface area contributed by atoms with E-state index in [9.17, 15) is 31.1 Å². The van der Waals surface area contributed by atoms with Crippen LogP contribution in [0.3, 0.4) is 0 Å². The summed E-state index contributed by atoms with van der Waals surface area (Å²) < 4.78 is 76.7. The Bertz CT molecular complexity index is 701. The molecule has 2 heterocycles. The van der Waals surface area contributed by atoms with E-state index in [4.69, 9.17) is 0 Å². The van der Waals surface area contributed by atoms with E-state index in [1.54, 1.807) is 0 Å². The lowest BCUT2D eigenvalue weighted by atomic mass is 9.73. The van der Waals surface area contributed by atoms with E-state index in [2.05, 4.69) is 4.90 Å². The Morgan fingerprint density at radius 1 is 1.12 bits per heavy atom. The van der Waals surface area contributed by atoms with Gasteiger partial charge in [0.2, 0.25) is 0 Å². The summed E-state index contributed by atoms with van der Waals surface area (Å²) in [7, 11) is 1.98. The molecule has 0 aliphatic carbocycles. The second-order valence-corrected chi connectivity index (χ2v) is 7.14. The summed E-state index contributed by atoms with van der Waals surface area (Å²) >= 11 is 0. The van der Waals surface area contributed by atoms with Crippen molar-refractivity contribution in [3.63, 3.8) is 0 Å². The van der Waals surface area contributed by atoms with Gasteiger partial charge in [-0.25, -0.2) is 0 Å².